The third kappa shape index (κ3) is 8.86. The van der Waals surface area contributed by atoms with Crippen LogP contribution in [0.15, 0.2) is 183 Å². The number of benzene rings is 5. The number of aryl methyl sites for hydroxylation is 2. The van der Waals surface area contributed by atoms with Gasteiger partial charge in [0.1, 0.15) is 0 Å². The average molecular weight is 601 g/mol. The highest BCUT2D eigenvalue weighted by Crippen LogP contribution is 2.39. The first-order chi connectivity index (χ1) is 22.8. The van der Waals surface area contributed by atoms with Crippen LogP contribution in [0.3, 0.4) is 0 Å². The van der Waals surface area contributed by atoms with Crippen LogP contribution >= 0.6 is 0 Å². The Balaban J connectivity index is 1.45. The predicted molar refractivity (Wildman–Crippen MR) is 200 cm³/mol. The van der Waals surface area contributed by atoms with Gasteiger partial charge in [0.25, 0.3) is 0 Å². The minimum Gasteiger partial charge on any atom is -0.310 e. The van der Waals surface area contributed by atoms with Gasteiger partial charge in [0, 0.05) is 34.1 Å². The first-order valence-electron chi connectivity index (χ1n) is 16.3. The van der Waals surface area contributed by atoms with Gasteiger partial charge in [0.15, 0.2) is 0 Å². The molecular formula is C44H44N2. The zero-order valence-corrected chi connectivity index (χ0v) is 26.7. The van der Waals surface area contributed by atoms with Gasteiger partial charge in [-0.15, -0.1) is 0 Å². The van der Waals surface area contributed by atoms with E-state index in [2.05, 4.69) is 169 Å². The lowest BCUT2D eigenvalue weighted by atomic mass is 10.1. The summed E-state index contributed by atoms with van der Waals surface area (Å²) in [5, 5.41) is 0. The number of allylic oxidation sites excluding steroid dienone is 6. The molecule has 5 aromatic carbocycles. The van der Waals surface area contributed by atoms with Crippen LogP contribution in [0.1, 0.15) is 36.8 Å². The lowest BCUT2D eigenvalue weighted by Crippen LogP contribution is -2.12. The molecule has 0 unspecified atom stereocenters. The summed E-state index contributed by atoms with van der Waals surface area (Å²) in [7, 11) is 0. The van der Waals surface area contributed by atoms with E-state index in [1.54, 1.807) is 0 Å². The van der Waals surface area contributed by atoms with Crippen LogP contribution in [-0.2, 0) is 12.8 Å². The Hall–Kier alpha value is -5.34. The fourth-order valence-corrected chi connectivity index (χ4v) is 5.73. The number of hydrogen-bond donors (Lipinski definition) is 0. The van der Waals surface area contributed by atoms with Crippen LogP contribution in [0.25, 0.3) is 0 Å². The van der Waals surface area contributed by atoms with Crippen molar-refractivity contribution in [2.24, 2.45) is 0 Å². The van der Waals surface area contributed by atoms with Crippen molar-refractivity contribution < 1.29 is 0 Å². The molecule has 0 atom stereocenters. The molecular weight excluding hydrogens is 556 g/mol. The van der Waals surface area contributed by atoms with Gasteiger partial charge in [0.05, 0.1) is 0 Å². The number of rotatable bonds is 16. The van der Waals surface area contributed by atoms with E-state index in [1.807, 2.05) is 24.3 Å². The summed E-state index contributed by atoms with van der Waals surface area (Å²) in [6, 6.07) is 48.1. The second kappa shape index (κ2) is 17.2. The maximum absolute atomic E-state index is 3.77. The van der Waals surface area contributed by atoms with Gasteiger partial charge >= 0.3 is 0 Å². The van der Waals surface area contributed by atoms with E-state index in [1.165, 1.54) is 11.1 Å². The Bertz CT molecular complexity index is 1590. The molecule has 0 heterocycles. The smallest absolute Gasteiger partial charge is 0.0464 e. The Morgan fingerprint density at radius 2 is 0.783 bits per heavy atom. The van der Waals surface area contributed by atoms with E-state index in [0.29, 0.717) is 0 Å². The molecule has 0 saturated heterocycles. The Morgan fingerprint density at radius 3 is 1.17 bits per heavy atom. The Morgan fingerprint density at radius 1 is 0.413 bits per heavy atom. The van der Waals surface area contributed by atoms with E-state index < -0.39 is 0 Å². The summed E-state index contributed by atoms with van der Waals surface area (Å²) in [4.78, 5) is 4.69. The highest BCUT2D eigenvalue weighted by atomic mass is 15.2. The third-order valence-electron chi connectivity index (χ3n) is 7.95. The van der Waals surface area contributed by atoms with Gasteiger partial charge in [-0.25, -0.2) is 0 Å². The van der Waals surface area contributed by atoms with Gasteiger partial charge in [-0.2, -0.15) is 0 Å². The minimum atomic E-state index is 1.04. The summed E-state index contributed by atoms with van der Waals surface area (Å²) in [5.74, 6) is 0. The molecule has 5 aromatic rings. The first kappa shape index (κ1) is 32.1. The lowest BCUT2D eigenvalue weighted by molar-refractivity contribution is 0.843. The molecule has 0 fully saturated rings. The fourth-order valence-electron chi connectivity index (χ4n) is 5.73. The van der Waals surface area contributed by atoms with Gasteiger partial charge in [-0.3, -0.25) is 0 Å². The molecule has 0 saturated carbocycles. The largest absolute Gasteiger partial charge is 0.310 e. The molecule has 46 heavy (non-hydrogen) atoms. The van der Waals surface area contributed by atoms with Gasteiger partial charge < -0.3 is 9.80 Å². The SMILES string of the molecule is C=C/C=C/CCCc1cccc(N(c2ccccc2)c2ccc(N(c3ccccc3)c3cccc(CCC/C=C/C=C)c3)cc2)c1. The first-order valence-corrected chi connectivity index (χ1v) is 16.3. The highest BCUT2D eigenvalue weighted by Gasteiger charge is 2.16. The number of anilines is 6. The Labute approximate surface area is 276 Å². The molecule has 0 aromatic heterocycles. The van der Waals surface area contributed by atoms with E-state index >= 15 is 0 Å². The molecule has 0 spiro atoms. The van der Waals surface area contributed by atoms with Crippen LogP contribution in [0.5, 0.6) is 0 Å². The van der Waals surface area contributed by atoms with Gasteiger partial charge in [0.2, 0.25) is 0 Å². The monoisotopic (exact) mass is 600 g/mol. The summed E-state index contributed by atoms with van der Waals surface area (Å²) >= 11 is 0. The third-order valence-corrected chi connectivity index (χ3v) is 7.95. The Kier molecular flexibility index (Phi) is 12.0. The van der Waals surface area contributed by atoms with Crippen LogP contribution in [-0.4, -0.2) is 0 Å². The summed E-state index contributed by atoms with van der Waals surface area (Å²) < 4.78 is 0. The fraction of sp³-hybridized carbons (Fsp3) is 0.136. The molecule has 0 N–H and O–H groups in total. The molecule has 0 aliphatic carbocycles. The molecule has 0 bridgehead atoms. The van der Waals surface area contributed by atoms with E-state index in [4.69, 9.17) is 0 Å². The van der Waals surface area contributed by atoms with Crippen molar-refractivity contribution in [1.29, 1.82) is 0 Å². The zero-order chi connectivity index (χ0) is 31.8. The molecule has 0 amide bonds. The van der Waals surface area contributed by atoms with Crippen LogP contribution in [0.4, 0.5) is 34.1 Å². The number of unbranched alkanes of at least 4 members (excludes halogenated alkanes) is 2. The second-order valence-electron chi connectivity index (χ2n) is 11.3. The minimum absolute atomic E-state index is 1.04. The van der Waals surface area contributed by atoms with Crippen molar-refractivity contribution in [2.45, 2.75) is 38.5 Å². The lowest BCUT2D eigenvalue weighted by Gasteiger charge is -2.28. The highest BCUT2D eigenvalue weighted by molar-refractivity contribution is 5.81. The van der Waals surface area contributed by atoms with Crippen LogP contribution < -0.4 is 9.80 Å². The van der Waals surface area contributed by atoms with Crippen molar-refractivity contribution >= 4 is 34.1 Å². The van der Waals surface area contributed by atoms with Crippen LogP contribution in [0.2, 0.25) is 0 Å². The number of para-hydroxylation sites is 2. The number of nitrogens with zero attached hydrogens (tertiary/aromatic N) is 2. The molecule has 2 heteroatoms. The van der Waals surface area contributed by atoms with E-state index in [9.17, 15) is 0 Å². The standard InChI is InChI=1S/C44H44N2/c1-3-5-7-9-13-21-37-23-19-29-43(35-37)45(39-25-15-11-16-26-39)41-31-33-42(34-32-41)46(40-27-17-12-18-28-40)44-30-20-24-38(36-44)22-14-10-8-6-4-2/h3-8,11-12,15-20,23-36H,1-2,9-10,13-14,21-22H2/b7-5+,8-6+. The molecule has 230 valence electrons. The summed E-state index contributed by atoms with van der Waals surface area (Å²) in [6.07, 6.45) is 18.5. The molecule has 0 radical (unpaired) electrons. The molecule has 0 aliphatic heterocycles. The topological polar surface area (TPSA) is 6.48 Å². The number of hydrogen-bond acceptors (Lipinski definition) is 2. The second-order valence-corrected chi connectivity index (χ2v) is 11.3. The maximum atomic E-state index is 3.77. The van der Waals surface area contributed by atoms with Crippen molar-refractivity contribution in [2.75, 3.05) is 9.80 Å². The average Bonchev–Trinajstić information content (AvgIpc) is 3.10. The molecule has 2 nitrogen and oxygen atoms in total. The van der Waals surface area contributed by atoms with Crippen molar-refractivity contribution in [3.8, 4) is 0 Å². The van der Waals surface area contributed by atoms with Gasteiger partial charge in [-0.1, -0.05) is 110 Å². The van der Waals surface area contributed by atoms with E-state index in [-0.39, 0.29) is 0 Å². The normalized spacial score (nSPS) is 11.1. The quantitative estimate of drug-likeness (QED) is 0.0821. The maximum Gasteiger partial charge on any atom is 0.0464 e. The zero-order valence-electron chi connectivity index (χ0n) is 26.7. The van der Waals surface area contributed by atoms with Crippen molar-refractivity contribution in [3.63, 3.8) is 0 Å². The van der Waals surface area contributed by atoms with Gasteiger partial charge in [-0.05, 0) is 122 Å². The van der Waals surface area contributed by atoms with Crippen molar-refractivity contribution in [1.82, 2.24) is 0 Å². The van der Waals surface area contributed by atoms with E-state index in [0.717, 1.165) is 72.6 Å². The summed E-state index contributed by atoms with van der Waals surface area (Å²) in [5.41, 5.74) is 9.52. The van der Waals surface area contributed by atoms with Crippen LogP contribution in [0, 0.1) is 0 Å². The molecule has 0 aliphatic rings. The predicted octanol–water partition coefficient (Wildman–Crippen LogP) is 12.8. The molecule has 5 rings (SSSR count). The summed E-state index contributed by atoms with van der Waals surface area (Å²) in [6.45, 7) is 7.54. The van der Waals surface area contributed by atoms with Crippen molar-refractivity contribution in [3.05, 3.63) is 194 Å².